The van der Waals surface area contributed by atoms with Crippen molar-refractivity contribution in [1.29, 1.82) is 0 Å². The lowest BCUT2D eigenvalue weighted by Crippen LogP contribution is -2.47. The molecule has 4 heterocycles. The molecular formula is C24H31N3OS. The monoisotopic (exact) mass is 409 g/mol. The van der Waals surface area contributed by atoms with Gasteiger partial charge in [-0.2, -0.15) is 0 Å². The molecule has 1 aliphatic carbocycles. The zero-order valence-electron chi connectivity index (χ0n) is 17.2. The molecule has 2 aromatic heterocycles. The third kappa shape index (κ3) is 3.92. The largest absolute Gasteiger partial charge is 0.375 e. The van der Waals surface area contributed by atoms with Crippen molar-refractivity contribution >= 4 is 17.0 Å². The Hall–Kier alpha value is -1.56. The summed E-state index contributed by atoms with van der Waals surface area (Å²) in [6.45, 7) is 3.65. The molecule has 1 spiro atoms. The highest BCUT2D eigenvalue weighted by atomic mass is 32.1. The predicted molar refractivity (Wildman–Crippen MR) is 119 cm³/mol. The molecule has 1 saturated heterocycles. The molecule has 5 heteroatoms. The lowest BCUT2D eigenvalue weighted by Gasteiger charge is -2.46. The van der Waals surface area contributed by atoms with Crippen LogP contribution in [0.2, 0.25) is 0 Å². The van der Waals surface area contributed by atoms with Gasteiger partial charge in [-0.1, -0.05) is 18.9 Å². The van der Waals surface area contributed by atoms with Crippen LogP contribution in [0.25, 0.3) is 0 Å². The molecule has 0 unspecified atom stereocenters. The van der Waals surface area contributed by atoms with Gasteiger partial charge in [0.2, 0.25) is 0 Å². The van der Waals surface area contributed by atoms with Crippen molar-refractivity contribution in [3.05, 3.63) is 52.0 Å². The van der Waals surface area contributed by atoms with Crippen molar-refractivity contribution in [3.63, 3.8) is 0 Å². The number of hydrogen-bond acceptors (Lipinski definition) is 5. The first kappa shape index (κ1) is 19.4. The van der Waals surface area contributed by atoms with Crippen LogP contribution in [0.3, 0.4) is 0 Å². The lowest BCUT2D eigenvalue weighted by molar-refractivity contribution is -0.104. The van der Waals surface area contributed by atoms with Crippen molar-refractivity contribution < 1.29 is 4.74 Å². The smallest absolute Gasteiger partial charge is 0.0691 e. The third-order valence-electron chi connectivity index (χ3n) is 7.14. The Balaban J connectivity index is 1.28. The molecule has 0 amide bonds. The summed E-state index contributed by atoms with van der Waals surface area (Å²) >= 11 is 1.87. The lowest BCUT2D eigenvalue weighted by atomic mass is 9.68. The summed E-state index contributed by atoms with van der Waals surface area (Å²) in [4.78, 5) is 11.1. The van der Waals surface area contributed by atoms with E-state index in [0.29, 0.717) is 0 Å². The van der Waals surface area contributed by atoms with Gasteiger partial charge in [0, 0.05) is 53.9 Å². The summed E-state index contributed by atoms with van der Waals surface area (Å²) in [5.41, 5.74) is 4.07. The van der Waals surface area contributed by atoms with Crippen molar-refractivity contribution in [2.24, 2.45) is 4.99 Å². The van der Waals surface area contributed by atoms with Crippen LogP contribution in [0.1, 0.15) is 61.1 Å². The van der Waals surface area contributed by atoms with Crippen LogP contribution in [-0.2, 0) is 16.6 Å². The first-order valence-electron chi connectivity index (χ1n) is 11.2. The van der Waals surface area contributed by atoms with Gasteiger partial charge < -0.3 is 10.1 Å². The second kappa shape index (κ2) is 8.29. The van der Waals surface area contributed by atoms with Gasteiger partial charge in [0.05, 0.1) is 11.3 Å². The molecule has 2 fully saturated rings. The number of nitrogens with one attached hydrogen (secondary N) is 1. The van der Waals surface area contributed by atoms with Crippen LogP contribution in [0, 0.1) is 0 Å². The second-order valence-electron chi connectivity index (χ2n) is 8.92. The fourth-order valence-corrected chi connectivity index (χ4v) is 6.54. The van der Waals surface area contributed by atoms with Gasteiger partial charge in [-0.15, -0.1) is 11.3 Å². The molecule has 1 saturated carbocycles. The van der Waals surface area contributed by atoms with Crippen molar-refractivity contribution in [2.75, 3.05) is 26.2 Å². The van der Waals surface area contributed by atoms with Crippen LogP contribution < -0.4 is 5.32 Å². The number of aromatic nitrogens is 1. The Morgan fingerprint density at radius 2 is 2.07 bits per heavy atom. The number of hydrogen-bond donors (Lipinski definition) is 1. The molecule has 0 bridgehead atoms. The summed E-state index contributed by atoms with van der Waals surface area (Å²) in [7, 11) is 0. The maximum Gasteiger partial charge on any atom is 0.0691 e. The highest BCUT2D eigenvalue weighted by Gasteiger charge is 2.48. The number of rotatable bonds is 6. The molecule has 5 rings (SSSR count). The standard InChI is InChI=1S/C24H31N3OS/c1-4-12-27-22(5-1)23(11-15-28-24(18-23)8-2-3-9-24)10-14-25-17-20-19-7-16-29-21(19)6-13-26-20/h1,4-5,7,12,16,25H,2-3,6,8-11,13-15,17-18H2/t23-/m1/s1. The highest BCUT2D eigenvalue weighted by Crippen LogP contribution is 2.49. The average molecular weight is 410 g/mol. The van der Waals surface area contributed by atoms with E-state index in [4.69, 9.17) is 14.7 Å². The van der Waals surface area contributed by atoms with E-state index in [1.165, 1.54) is 47.5 Å². The number of fused-ring (bicyclic) bond motifs is 1. The number of ether oxygens (including phenoxy) is 1. The Labute approximate surface area is 177 Å². The van der Waals surface area contributed by atoms with Gasteiger partial charge in [-0.05, 0) is 62.2 Å². The molecule has 29 heavy (non-hydrogen) atoms. The quantitative estimate of drug-likeness (QED) is 0.713. The van der Waals surface area contributed by atoms with Crippen molar-refractivity contribution in [1.82, 2.24) is 10.3 Å². The molecule has 3 aliphatic rings. The number of aliphatic imine (C=N–C) groups is 1. The van der Waals surface area contributed by atoms with E-state index in [1.807, 2.05) is 23.6 Å². The minimum Gasteiger partial charge on any atom is -0.375 e. The molecule has 2 aliphatic heterocycles. The minimum absolute atomic E-state index is 0.0921. The number of pyridine rings is 1. The molecule has 0 aromatic carbocycles. The van der Waals surface area contributed by atoms with Crippen LogP contribution >= 0.6 is 11.3 Å². The fourth-order valence-electron chi connectivity index (χ4n) is 5.65. The molecule has 1 N–H and O–H groups in total. The first-order chi connectivity index (χ1) is 14.3. The zero-order valence-corrected chi connectivity index (χ0v) is 18.0. The molecule has 154 valence electrons. The molecule has 0 radical (unpaired) electrons. The van der Waals surface area contributed by atoms with Gasteiger partial charge in [0.1, 0.15) is 0 Å². The molecule has 2 aromatic rings. The second-order valence-corrected chi connectivity index (χ2v) is 9.92. The SMILES string of the molecule is c1ccc([C@]2(CCNCC3=NCCc4sccc43)CCOC3(CCCC3)C2)nc1. The number of nitrogens with zero attached hydrogens (tertiary/aromatic N) is 2. The number of thiophene rings is 1. The van der Waals surface area contributed by atoms with Gasteiger partial charge >= 0.3 is 0 Å². The predicted octanol–water partition coefficient (Wildman–Crippen LogP) is 4.53. The molecular weight excluding hydrogens is 378 g/mol. The first-order valence-corrected chi connectivity index (χ1v) is 12.0. The van der Waals surface area contributed by atoms with Gasteiger partial charge in [0.15, 0.2) is 0 Å². The maximum atomic E-state index is 6.37. The molecule has 1 atom stereocenters. The summed E-state index contributed by atoms with van der Waals surface area (Å²) in [6, 6.07) is 8.64. The highest BCUT2D eigenvalue weighted by molar-refractivity contribution is 7.10. The summed E-state index contributed by atoms with van der Waals surface area (Å²) < 4.78 is 6.37. The van der Waals surface area contributed by atoms with Gasteiger partial charge in [0.25, 0.3) is 0 Å². The van der Waals surface area contributed by atoms with E-state index in [0.717, 1.165) is 51.9 Å². The maximum absolute atomic E-state index is 6.37. The minimum atomic E-state index is 0.0921. The zero-order chi connectivity index (χ0) is 19.6. The topological polar surface area (TPSA) is 46.5 Å². The van der Waals surface area contributed by atoms with Gasteiger partial charge in [-0.3, -0.25) is 9.98 Å². The van der Waals surface area contributed by atoms with Crippen LogP contribution in [0.15, 0.2) is 40.8 Å². The Bertz CT molecular complexity index is 856. The van der Waals surface area contributed by atoms with Gasteiger partial charge in [-0.25, -0.2) is 0 Å². The van der Waals surface area contributed by atoms with E-state index in [2.05, 4.69) is 28.9 Å². The van der Waals surface area contributed by atoms with Crippen molar-refractivity contribution in [3.8, 4) is 0 Å². The Kier molecular flexibility index (Phi) is 5.55. The normalized spacial score (nSPS) is 25.7. The van der Waals surface area contributed by atoms with E-state index in [-0.39, 0.29) is 11.0 Å². The van der Waals surface area contributed by atoms with E-state index < -0.39 is 0 Å². The van der Waals surface area contributed by atoms with E-state index >= 15 is 0 Å². The Morgan fingerprint density at radius 3 is 2.93 bits per heavy atom. The van der Waals surface area contributed by atoms with Crippen molar-refractivity contribution in [2.45, 2.75) is 62.4 Å². The Morgan fingerprint density at radius 1 is 1.14 bits per heavy atom. The van der Waals surface area contributed by atoms with E-state index in [9.17, 15) is 0 Å². The average Bonchev–Trinajstić information content (AvgIpc) is 3.42. The summed E-state index contributed by atoms with van der Waals surface area (Å²) in [5.74, 6) is 0. The summed E-state index contributed by atoms with van der Waals surface area (Å²) in [5, 5.41) is 5.91. The summed E-state index contributed by atoms with van der Waals surface area (Å²) in [6.07, 6.45) is 11.4. The third-order valence-corrected chi connectivity index (χ3v) is 8.12. The van der Waals surface area contributed by atoms with E-state index in [1.54, 1.807) is 0 Å². The van der Waals surface area contributed by atoms with Crippen LogP contribution in [0.5, 0.6) is 0 Å². The fraction of sp³-hybridized carbons (Fsp3) is 0.583. The van der Waals surface area contributed by atoms with Crippen LogP contribution in [-0.4, -0.2) is 42.5 Å². The van der Waals surface area contributed by atoms with Crippen LogP contribution in [0.4, 0.5) is 0 Å². The molecule has 4 nitrogen and oxygen atoms in total.